The van der Waals surface area contributed by atoms with Crippen LogP contribution in [0.1, 0.15) is 24.9 Å². The summed E-state index contributed by atoms with van der Waals surface area (Å²) < 4.78 is 13.1. The molecule has 1 fully saturated rings. The van der Waals surface area contributed by atoms with Gasteiger partial charge in [0.05, 0.1) is 17.5 Å². The minimum absolute atomic E-state index is 0.220. The second-order valence-corrected chi connectivity index (χ2v) is 7.32. The third-order valence-electron chi connectivity index (χ3n) is 3.92. The van der Waals surface area contributed by atoms with Gasteiger partial charge in [-0.3, -0.25) is 9.69 Å². The molecule has 0 spiro atoms. The quantitative estimate of drug-likeness (QED) is 0.791. The number of nitrogens with one attached hydrogen (secondary N) is 1. The van der Waals surface area contributed by atoms with E-state index in [4.69, 9.17) is 11.6 Å². The first-order valence-corrected chi connectivity index (χ1v) is 9.00. The van der Waals surface area contributed by atoms with Crippen LogP contribution < -0.4 is 5.32 Å². The van der Waals surface area contributed by atoms with E-state index < -0.39 is 11.8 Å². The molecule has 1 aliphatic rings. The van der Waals surface area contributed by atoms with Crippen molar-refractivity contribution in [2.75, 3.05) is 0 Å². The molecule has 7 heteroatoms. The van der Waals surface area contributed by atoms with Gasteiger partial charge < -0.3 is 5.32 Å². The first-order chi connectivity index (χ1) is 12.0. The predicted molar refractivity (Wildman–Crippen MR) is 95.9 cm³/mol. The van der Waals surface area contributed by atoms with Crippen LogP contribution in [-0.2, 0) is 4.79 Å². The first kappa shape index (κ1) is 17.8. The molecule has 0 unspecified atom stereocenters. The van der Waals surface area contributed by atoms with Gasteiger partial charge in [0, 0.05) is 4.90 Å². The molecule has 1 heterocycles. The van der Waals surface area contributed by atoms with Gasteiger partial charge in [0.2, 0.25) is 5.91 Å². The molecule has 2 aromatic carbocycles. The van der Waals surface area contributed by atoms with E-state index in [0.717, 1.165) is 5.56 Å². The number of amides is 3. The van der Waals surface area contributed by atoms with Crippen LogP contribution in [0.15, 0.2) is 53.4 Å². The number of urea groups is 1. The third-order valence-corrected chi connectivity index (χ3v) is 5.61. The predicted octanol–water partition coefficient (Wildman–Crippen LogP) is 4.60. The lowest BCUT2D eigenvalue weighted by molar-refractivity contribution is -0.137. The zero-order valence-electron chi connectivity index (χ0n) is 13.4. The van der Waals surface area contributed by atoms with Crippen molar-refractivity contribution in [2.24, 2.45) is 0 Å². The van der Waals surface area contributed by atoms with Gasteiger partial charge in [-0.15, -0.1) is 0 Å². The summed E-state index contributed by atoms with van der Waals surface area (Å²) in [7, 11) is 0. The van der Waals surface area contributed by atoms with E-state index in [1.54, 1.807) is 6.07 Å². The molecule has 1 aliphatic heterocycles. The fraction of sp³-hybridized carbons (Fsp3) is 0.222. The van der Waals surface area contributed by atoms with Crippen LogP contribution in [0, 0.1) is 5.82 Å². The summed E-state index contributed by atoms with van der Waals surface area (Å²) in [6.45, 7) is 1.86. The van der Waals surface area contributed by atoms with Crippen LogP contribution in [0.5, 0.6) is 0 Å². The Hall–Kier alpha value is -2.05. The summed E-state index contributed by atoms with van der Waals surface area (Å²) in [6, 6.07) is 12.9. The lowest BCUT2D eigenvalue weighted by Gasteiger charge is -2.38. The van der Waals surface area contributed by atoms with E-state index in [1.165, 1.54) is 28.8 Å². The number of rotatable bonds is 4. The summed E-state index contributed by atoms with van der Waals surface area (Å²) in [6.07, 6.45) is 0.242. The highest BCUT2D eigenvalue weighted by molar-refractivity contribution is 8.00. The number of thioether (sulfide) groups is 1. The summed E-state index contributed by atoms with van der Waals surface area (Å²) in [5, 5.41) is 2.75. The molecular weight excluding hydrogens is 363 g/mol. The zero-order valence-corrected chi connectivity index (χ0v) is 15.0. The number of carbonyl (C=O) groups is 2. The van der Waals surface area contributed by atoms with E-state index in [1.807, 2.05) is 37.3 Å². The Morgan fingerprint density at radius 1 is 1.32 bits per heavy atom. The van der Waals surface area contributed by atoms with Crippen LogP contribution in [0.4, 0.5) is 9.18 Å². The highest BCUT2D eigenvalue weighted by Gasteiger charge is 2.42. The van der Waals surface area contributed by atoms with E-state index in [0.29, 0.717) is 4.90 Å². The molecule has 0 aliphatic carbocycles. The Balaban J connectivity index is 1.66. The number of β-lactam (4-membered cyclic amide) rings is 1. The number of hydrogen-bond donors (Lipinski definition) is 1. The third kappa shape index (κ3) is 3.96. The lowest BCUT2D eigenvalue weighted by Crippen LogP contribution is -2.57. The largest absolute Gasteiger partial charge is 0.331 e. The maximum absolute atomic E-state index is 13.1. The van der Waals surface area contributed by atoms with E-state index >= 15 is 0 Å². The molecule has 1 saturated heterocycles. The standard InChI is InChI=1S/C18H16ClFN2O2S/c1-11(12-5-3-2-4-6-12)21-18(24)22-16(23)10-17(22)25-15-8-7-13(20)9-14(15)19/h2-9,11,17H,10H2,1H3,(H,21,24)/t11-,17+/m0/s1. The van der Waals surface area contributed by atoms with Crippen molar-refractivity contribution in [1.29, 1.82) is 0 Å². The summed E-state index contributed by atoms with van der Waals surface area (Å²) in [5.41, 5.74) is 0.953. The van der Waals surface area contributed by atoms with Gasteiger partial charge in [0.15, 0.2) is 0 Å². The van der Waals surface area contributed by atoms with Crippen LogP contribution in [0.2, 0.25) is 5.02 Å². The SMILES string of the molecule is C[C@H](NC(=O)N1C(=O)C[C@H]1Sc1ccc(F)cc1Cl)c1ccccc1. The lowest BCUT2D eigenvalue weighted by atomic mass is 10.1. The Kier molecular flexibility index (Phi) is 5.30. The fourth-order valence-electron chi connectivity index (χ4n) is 2.52. The van der Waals surface area contributed by atoms with Crippen molar-refractivity contribution >= 4 is 35.3 Å². The average molecular weight is 379 g/mol. The van der Waals surface area contributed by atoms with Gasteiger partial charge in [-0.1, -0.05) is 53.7 Å². The number of carbonyl (C=O) groups excluding carboxylic acids is 2. The molecule has 3 rings (SSSR count). The van der Waals surface area contributed by atoms with Crippen molar-refractivity contribution in [3.8, 4) is 0 Å². The second-order valence-electron chi connectivity index (χ2n) is 5.70. The number of likely N-dealkylation sites (tertiary alicyclic amines) is 1. The fourth-order valence-corrected chi connectivity index (χ4v) is 3.98. The molecule has 2 atom stereocenters. The van der Waals surface area contributed by atoms with Gasteiger partial charge in [0.25, 0.3) is 0 Å². The molecule has 2 aromatic rings. The van der Waals surface area contributed by atoms with Crippen molar-refractivity contribution in [2.45, 2.75) is 29.7 Å². The van der Waals surface area contributed by atoms with Crippen LogP contribution >= 0.6 is 23.4 Å². The smallest absolute Gasteiger partial charge is 0.325 e. The molecular formula is C18H16ClFN2O2S. The van der Waals surface area contributed by atoms with Crippen molar-refractivity contribution in [3.05, 3.63) is 64.9 Å². The summed E-state index contributed by atoms with van der Waals surface area (Å²) >= 11 is 7.29. The number of nitrogens with zero attached hydrogens (tertiary/aromatic N) is 1. The molecule has 25 heavy (non-hydrogen) atoms. The highest BCUT2D eigenvalue weighted by atomic mass is 35.5. The molecule has 3 amide bonds. The summed E-state index contributed by atoms with van der Waals surface area (Å²) in [4.78, 5) is 26.2. The highest BCUT2D eigenvalue weighted by Crippen LogP contribution is 2.38. The van der Waals surface area contributed by atoms with Crippen LogP contribution in [0.25, 0.3) is 0 Å². The number of halogens is 2. The normalized spacial score (nSPS) is 17.8. The maximum atomic E-state index is 13.1. The molecule has 1 N–H and O–H groups in total. The molecule has 0 bridgehead atoms. The van der Waals surface area contributed by atoms with E-state index in [-0.39, 0.29) is 28.8 Å². The summed E-state index contributed by atoms with van der Waals surface area (Å²) in [5.74, 6) is -0.668. The van der Waals surface area contributed by atoms with Crippen molar-refractivity contribution in [3.63, 3.8) is 0 Å². The average Bonchev–Trinajstić information content (AvgIpc) is 2.57. The van der Waals surface area contributed by atoms with Crippen molar-refractivity contribution in [1.82, 2.24) is 10.2 Å². The molecule has 0 aromatic heterocycles. The van der Waals surface area contributed by atoms with Gasteiger partial charge in [0.1, 0.15) is 11.2 Å². The van der Waals surface area contributed by atoms with Gasteiger partial charge in [-0.2, -0.15) is 0 Å². The van der Waals surface area contributed by atoms with Gasteiger partial charge in [-0.25, -0.2) is 9.18 Å². The zero-order chi connectivity index (χ0) is 18.0. The van der Waals surface area contributed by atoms with Crippen LogP contribution in [0.3, 0.4) is 0 Å². The van der Waals surface area contributed by atoms with E-state index in [9.17, 15) is 14.0 Å². The number of imide groups is 1. The Bertz CT molecular complexity index is 803. The first-order valence-electron chi connectivity index (χ1n) is 7.75. The van der Waals surface area contributed by atoms with Crippen LogP contribution in [-0.4, -0.2) is 22.2 Å². The number of benzene rings is 2. The Morgan fingerprint density at radius 2 is 2.04 bits per heavy atom. The number of hydrogen-bond acceptors (Lipinski definition) is 3. The molecule has 0 radical (unpaired) electrons. The molecule has 130 valence electrons. The maximum Gasteiger partial charge on any atom is 0.325 e. The second kappa shape index (κ2) is 7.45. The van der Waals surface area contributed by atoms with Crippen molar-refractivity contribution < 1.29 is 14.0 Å². The van der Waals surface area contributed by atoms with Gasteiger partial charge >= 0.3 is 6.03 Å². The Morgan fingerprint density at radius 3 is 2.68 bits per heavy atom. The van der Waals surface area contributed by atoms with Gasteiger partial charge in [-0.05, 0) is 30.7 Å². The minimum atomic E-state index is -0.441. The molecule has 0 saturated carbocycles. The van der Waals surface area contributed by atoms with E-state index in [2.05, 4.69) is 5.32 Å². The Labute approximate surface area is 154 Å². The topological polar surface area (TPSA) is 49.4 Å². The monoisotopic (exact) mass is 378 g/mol. The molecule has 4 nitrogen and oxygen atoms in total. The minimum Gasteiger partial charge on any atom is -0.331 e.